The molecule has 6 heteroatoms. The molecule has 1 amide bonds. The number of aliphatic hydroxyl groups is 1. The second kappa shape index (κ2) is 7.78. The molecular weight excluding hydrogens is 334 g/mol. The van der Waals surface area contributed by atoms with Gasteiger partial charge >= 0.3 is 0 Å². The molecule has 1 saturated heterocycles. The van der Waals surface area contributed by atoms with Crippen molar-refractivity contribution in [3.8, 4) is 0 Å². The summed E-state index contributed by atoms with van der Waals surface area (Å²) < 4.78 is 16.6. The van der Waals surface area contributed by atoms with Gasteiger partial charge < -0.3 is 19.3 Å². The summed E-state index contributed by atoms with van der Waals surface area (Å²) in [5, 5.41) is 10.8. The summed E-state index contributed by atoms with van der Waals surface area (Å²) in [5.74, 6) is 0.480. The Labute approximate surface area is 154 Å². The van der Waals surface area contributed by atoms with Crippen molar-refractivity contribution >= 4 is 11.5 Å². The predicted octanol–water partition coefficient (Wildman–Crippen LogP) is 2.53. The van der Waals surface area contributed by atoms with Gasteiger partial charge in [0.2, 0.25) is 0 Å². The molecule has 1 fully saturated rings. The number of ether oxygens (including phenoxy) is 3. The Kier molecular flexibility index (Phi) is 5.65. The SMILES string of the molecule is CC1=C(c2ccccc2)C(=O)N(C(C)(C)C(O)CCC2OCCO2)CO1. The van der Waals surface area contributed by atoms with E-state index in [0.717, 1.165) is 5.56 Å². The van der Waals surface area contributed by atoms with Gasteiger partial charge in [0.25, 0.3) is 5.91 Å². The van der Waals surface area contributed by atoms with Crippen molar-refractivity contribution < 1.29 is 24.1 Å². The molecular formula is C20H27NO5. The lowest BCUT2D eigenvalue weighted by Crippen LogP contribution is -2.57. The summed E-state index contributed by atoms with van der Waals surface area (Å²) in [6.45, 7) is 6.83. The zero-order chi connectivity index (χ0) is 18.7. The number of rotatable bonds is 6. The third-order valence-electron chi connectivity index (χ3n) is 5.16. The number of carbonyl (C=O) groups is 1. The Balaban J connectivity index is 1.74. The zero-order valence-corrected chi connectivity index (χ0v) is 15.6. The standard InChI is InChI=1S/C20H27NO5/c1-14-18(15-7-5-4-6-8-15)19(23)21(13-26-14)20(2,3)16(22)9-10-17-24-11-12-25-17/h4-8,16-17,22H,9-13H2,1-3H3. The quantitative estimate of drug-likeness (QED) is 0.843. The highest BCUT2D eigenvalue weighted by atomic mass is 16.7. The lowest BCUT2D eigenvalue weighted by atomic mass is 9.89. The molecule has 1 aromatic carbocycles. The van der Waals surface area contributed by atoms with Crippen molar-refractivity contribution in [2.45, 2.75) is 51.5 Å². The summed E-state index contributed by atoms with van der Waals surface area (Å²) in [6.07, 6.45) is 0.0765. The molecule has 0 saturated carbocycles. The fourth-order valence-electron chi connectivity index (χ4n) is 3.34. The Morgan fingerprint density at radius 2 is 1.88 bits per heavy atom. The molecule has 1 N–H and O–H groups in total. The molecule has 1 aromatic rings. The summed E-state index contributed by atoms with van der Waals surface area (Å²) >= 11 is 0. The van der Waals surface area contributed by atoms with Gasteiger partial charge in [-0.05, 0) is 32.8 Å². The van der Waals surface area contributed by atoms with Gasteiger partial charge in [-0.15, -0.1) is 0 Å². The molecule has 6 nitrogen and oxygen atoms in total. The lowest BCUT2D eigenvalue weighted by Gasteiger charge is -2.44. The second-order valence-corrected chi connectivity index (χ2v) is 7.22. The molecule has 2 aliphatic heterocycles. The van der Waals surface area contributed by atoms with E-state index in [-0.39, 0.29) is 18.9 Å². The number of hydrogen-bond donors (Lipinski definition) is 1. The van der Waals surface area contributed by atoms with Gasteiger partial charge in [0, 0.05) is 6.42 Å². The number of amides is 1. The minimum atomic E-state index is -0.781. The largest absolute Gasteiger partial charge is 0.477 e. The van der Waals surface area contributed by atoms with Gasteiger partial charge in [0.05, 0.1) is 30.4 Å². The monoisotopic (exact) mass is 361 g/mol. The summed E-state index contributed by atoms with van der Waals surface area (Å²) in [5.41, 5.74) is 0.577. The van der Waals surface area contributed by atoms with E-state index in [4.69, 9.17) is 14.2 Å². The van der Waals surface area contributed by atoms with Gasteiger partial charge in [0.15, 0.2) is 13.0 Å². The van der Waals surface area contributed by atoms with Crippen LogP contribution in [0.25, 0.3) is 5.57 Å². The molecule has 2 aliphatic rings. The van der Waals surface area contributed by atoms with Crippen LogP contribution in [-0.4, -0.2) is 53.8 Å². The topological polar surface area (TPSA) is 68.2 Å². The average Bonchev–Trinajstić information content (AvgIpc) is 3.14. The van der Waals surface area contributed by atoms with E-state index >= 15 is 0 Å². The number of hydrogen-bond acceptors (Lipinski definition) is 5. The molecule has 0 radical (unpaired) electrons. The van der Waals surface area contributed by atoms with Crippen LogP contribution >= 0.6 is 0 Å². The van der Waals surface area contributed by atoms with E-state index in [1.54, 1.807) is 11.8 Å². The minimum Gasteiger partial charge on any atom is -0.477 e. The summed E-state index contributed by atoms with van der Waals surface area (Å²) in [4.78, 5) is 14.8. The normalized spacial score (nSPS) is 20.5. The molecule has 0 spiro atoms. The fourth-order valence-corrected chi connectivity index (χ4v) is 3.34. The third-order valence-corrected chi connectivity index (χ3v) is 5.16. The molecule has 0 bridgehead atoms. The van der Waals surface area contributed by atoms with E-state index in [0.29, 0.717) is 37.4 Å². The number of benzene rings is 1. The first-order chi connectivity index (χ1) is 12.4. The van der Waals surface area contributed by atoms with Crippen LogP contribution < -0.4 is 0 Å². The van der Waals surface area contributed by atoms with E-state index in [9.17, 15) is 9.90 Å². The van der Waals surface area contributed by atoms with E-state index in [1.165, 1.54) is 0 Å². The molecule has 1 atom stereocenters. The van der Waals surface area contributed by atoms with Gasteiger partial charge in [-0.2, -0.15) is 0 Å². The van der Waals surface area contributed by atoms with Crippen molar-refractivity contribution in [1.29, 1.82) is 0 Å². The van der Waals surface area contributed by atoms with Crippen LogP contribution in [0.5, 0.6) is 0 Å². The maximum absolute atomic E-state index is 13.2. The molecule has 1 unspecified atom stereocenters. The molecule has 0 aliphatic carbocycles. The number of aliphatic hydroxyl groups excluding tert-OH is 1. The highest BCUT2D eigenvalue weighted by molar-refractivity contribution is 6.20. The van der Waals surface area contributed by atoms with Gasteiger partial charge in [-0.3, -0.25) is 9.69 Å². The number of allylic oxidation sites excluding steroid dienone is 1. The fraction of sp³-hybridized carbons (Fsp3) is 0.550. The maximum Gasteiger partial charge on any atom is 0.261 e. The first kappa shape index (κ1) is 18.9. The summed E-state index contributed by atoms with van der Waals surface area (Å²) in [7, 11) is 0. The number of nitrogens with zero attached hydrogens (tertiary/aromatic N) is 1. The van der Waals surface area contributed by atoms with Crippen LogP contribution in [0.4, 0.5) is 0 Å². The zero-order valence-electron chi connectivity index (χ0n) is 15.6. The molecule has 26 heavy (non-hydrogen) atoms. The van der Waals surface area contributed by atoms with Crippen LogP contribution in [0.3, 0.4) is 0 Å². The van der Waals surface area contributed by atoms with E-state index < -0.39 is 11.6 Å². The number of carbonyl (C=O) groups excluding carboxylic acids is 1. The van der Waals surface area contributed by atoms with Crippen molar-refractivity contribution in [1.82, 2.24) is 4.90 Å². The van der Waals surface area contributed by atoms with Crippen molar-refractivity contribution in [3.63, 3.8) is 0 Å². The van der Waals surface area contributed by atoms with Crippen molar-refractivity contribution in [2.24, 2.45) is 0 Å². The van der Waals surface area contributed by atoms with Gasteiger partial charge in [-0.1, -0.05) is 30.3 Å². The first-order valence-electron chi connectivity index (χ1n) is 9.03. The maximum atomic E-state index is 13.2. The molecule has 3 rings (SSSR count). The van der Waals surface area contributed by atoms with Crippen LogP contribution in [0, 0.1) is 0 Å². The Morgan fingerprint density at radius 1 is 1.23 bits per heavy atom. The second-order valence-electron chi connectivity index (χ2n) is 7.22. The van der Waals surface area contributed by atoms with Crippen LogP contribution in [0.2, 0.25) is 0 Å². The molecule has 0 aromatic heterocycles. The highest BCUT2D eigenvalue weighted by Gasteiger charge is 2.41. The predicted molar refractivity (Wildman–Crippen MR) is 96.8 cm³/mol. The summed E-state index contributed by atoms with van der Waals surface area (Å²) in [6, 6.07) is 9.47. The van der Waals surface area contributed by atoms with Gasteiger partial charge in [-0.25, -0.2) is 0 Å². The highest BCUT2D eigenvalue weighted by Crippen LogP contribution is 2.33. The Bertz CT molecular complexity index is 664. The van der Waals surface area contributed by atoms with Crippen molar-refractivity contribution in [3.05, 3.63) is 41.7 Å². The Morgan fingerprint density at radius 3 is 2.54 bits per heavy atom. The van der Waals surface area contributed by atoms with Crippen LogP contribution in [-0.2, 0) is 19.0 Å². The van der Waals surface area contributed by atoms with Crippen LogP contribution in [0.1, 0.15) is 39.2 Å². The molecule has 142 valence electrons. The van der Waals surface area contributed by atoms with Crippen LogP contribution in [0.15, 0.2) is 36.1 Å². The van der Waals surface area contributed by atoms with E-state index in [1.807, 2.05) is 44.2 Å². The van der Waals surface area contributed by atoms with E-state index in [2.05, 4.69) is 0 Å². The smallest absolute Gasteiger partial charge is 0.261 e. The van der Waals surface area contributed by atoms with Crippen molar-refractivity contribution in [2.75, 3.05) is 19.9 Å². The first-order valence-corrected chi connectivity index (χ1v) is 9.03. The molecule has 2 heterocycles. The van der Waals surface area contributed by atoms with Gasteiger partial charge in [0.1, 0.15) is 5.76 Å². The average molecular weight is 361 g/mol. The Hall–Kier alpha value is -1.89. The lowest BCUT2D eigenvalue weighted by molar-refractivity contribution is -0.147. The third kappa shape index (κ3) is 3.77. The minimum absolute atomic E-state index is 0.126.